The van der Waals surface area contributed by atoms with Gasteiger partial charge in [-0.1, -0.05) is 37.2 Å². The van der Waals surface area contributed by atoms with E-state index in [0.29, 0.717) is 35.3 Å². The molecule has 4 aromatic rings. The number of aromatic nitrogens is 2. The molecule has 0 spiro atoms. The van der Waals surface area contributed by atoms with Crippen LogP contribution >= 0.6 is 0 Å². The number of rotatable bonds is 10. The van der Waals surface area contributed by atoms with Crippen LogP contribution in [-0.4, -0.2) is 31.1 Å². The van der Waals surface area contributed by atoms with Crippen molar-refractivity contribution in [3.05, 3.63) is 95.1 Å². The molecule has 0 bridgehead atoms. The highest BCUT2D eigenvalue weighted by molar-refractivity contribution is 7.92. The summed E-state index contributed by atoms with van der Waals surface area (Å²) < 4.78 is 38.8. The van der Waals surface area contributed by atoms with Gasteiger partial charge >= 0.3 is 0 Å². The van der Waals surface area contributed by atoms with E-state index in [-0.39, 0.29) is 23.3 Å². The Morgan fingerprint density at radius 2 is 1.61 bits per heavy atom. The predicted octanol–water partition coefficient (Wildman–Crippen LogP) is 5.22. The minimum absolute atomic E-state index is 0.0924. The lowest BCUT2D eigenvalue weighted by Crippen LogP contribution is -2.20. The number of aryl methyl sites for hydroxylation is 2. The Morgan fingerprint density at radius 3 is 2.21 bits per heavy atom. The number of nitrogens with one attached hydrogen (secondary N) is 2. The Hall–Kier alpha value is -4.18. The highest BCUT2D eigenvalue weighted by Gasteiger charge is 2.15. The number of ether oxygens (including phenoxy) is 1. The van der Waals surface area contributed by atoms with Gasteiger partial charge in [0.05, 0.1) is 4.90 Å². The van der Waals surface area contributed by atoms with E-state index in [1.807, 2.05) is 45.9 Å². The quantitative estimate of drug-likeness (QED) is 0.286. The Morgan fingerprint density at radius 1 is 0.947 bits per heavy atom. The largest absolute Gasteiger partial charge is 0.484 e. The summed E-state index contributed by atoms with van der Waals surface area (Å²) in [5, 5.41) is 6.77. The van der Waals surface area contributed by atoms with Gasteiger partial charge in [-0.05, 0) is 79.1 Å². The van der Waals surface area contributed by atoms with E-state index in [1.165, 1.54) is 24.3 Å². The van der Waals surface area contributed by atoms with Crippen molar-refractivity contribution < 1.29 is 22.5 Å². The monoisotopic (exact) mass is 534 g/mol. The SMILES string of the molecule is Cc1cc(C)cc(NS(=O)(=O)c2ccc(OCC(=O)Nc3ccc(Cc4noc(C(C)C)n4)cc3)cc2)c1. The Kier molecular flexibility index (Phi) is 8.11. The van der Waals surface area contributed by atoms with Crippen molar-refractivity contribution in [1.29, 1.82) is 0 Å². The normalized spacial score (nSPS) is 11.4. The fourth-order valence-electron chi connectivity index (χ4n) is 3.77. The summed E-state index contributed by atoms with van der Waals surface area (Å²) >= 11 is 0. The van der Waals surface area contributed by atoms with Crippen molar-refractivity contribution in [2.75, 3.05) is 16.6 Å². The van der Waals surface area contributed by atoms with Gasteiger partial charge in [-0.25, -0.2) is 8.42 Å². The second kappa shape index (κ2) is 11.5. The van der Waals surface area contributed by atoms with Crippen LogP contribution in [0.1, 0.15) is 48.2 Å². The van der Waals surface area contributed by atoms with E-state index in [9.17, 15) is 13.2 Å². The first kappa shape index (κ1) is 26.9. The number of sulfonamides is 1. The lowest BCUT2D eigenvalue weighted by molar-refractivity contribution is -0.118. The topological polar surface area (TPSA) is 123 Å². The van der Waals surface area contributed by atoms with Gasteiger partial charge in [0.25, 0.3) is 15.9 Å². The third-order valence-electron chi connectivity index (χ3n) is 5.56. The van der Waals surface area contributed by atoms with Crippen LogP contribution in [0.5, 0.6) is 5.75 Å². The van der Waals surface area contributed by atoms with Crippen molar-refractivity contribution >= 4 is 27.3 Å². The molecule has 0 aliphatic heterocycles. The maximum atomic E-state index is 12.7. The maximum Gasteiger partial charge on any atom is 0.262 e. The van der Waals surface area contributed by atoms with Crippen LogP contribution in [0.25, 0.3) is 0 Å². The van der Waals surface area contributed by atoms with Crippen LogP contribution < -0.4 is 14.8 Å². The molecule has 4 rings (SSSR count). The molecule has 38 heavy (non-hydrogen) atoms. The summed E-state index contributed by atoms with van der Waals surface area (Å²) in [5.41, 5.74) is 4.03. The number of hydrogen-bond acceptors (Lipinski definition) is 7. The number of anilines is 2. The summed E-state index contributed by atoms with van der Waals surface area (Å²) in [6.07, 6.45) is 0.527. The van der Waals surface area contributed by atoms with Crippen LogP contribution in [0, 0.1) is 13.8 Å². The van der Waals surface area contributed by atoms with Crippen molar-refractivity contribution in [3.8, 4) is 5.75 Å². The second-order valence-electron chi connectivity index (χ2n) is 9.37. The number of amides is 1. The second-order valence-corrected chi connectivity index (χ2v) is 11.0. The molecule has 0 unspecified atom stereocenters. The number of nitrogens with zero attached hydrogens (tertiary/aromatic N) is 2. The third-order valence-corrected chi connectivity index (χ3v) is 6.95. The Balaban J connectivity index is 1.28. The van der Waals surface area contributed by atoms with Gasteiger partial charge in [0.2, 0.25) is 5.89 Å². The summed E-state index contributed by atoms with van der Waals surface area (Å²) in [4.78, 5) is 16.8. The van der Waals surface area contributed by atoms with Crippen LogP contribution in [-0.2, 0) is 21.2 Å². The fraction of sp³-hybridized carbons (Fsp3) is 0.250. The predicted molar refractivity (Wildman–Crippen MR) is 145 cm³/mol. The third kappa shape index (κ3) is 7.19. The number of benzene rings is 3. The Labute approximate surface area is 222 Å². The molecule has 0 aliphatic rings. The molecular formula is C28H30N4O5S. The zero-order valence-electron chi connectivity index (χ0n) is 21.7. The summed E-state index contributed by atoms with van der Waals surface area (Å²) in [5.74, 6) is 1.42. The molecule has 1 amide bonds. The van der Waals surface area contributed by atoms with Crippen LogP contribution in [0.3, 0.4) is 0 Å². The average Bonchev–Trinajstić information content (AvgIpc) is 3.32. The molecule has 1 aromatic heterocycles. The minimum Gasteiger partial charge on any atom is -0.484 e. The summed E-state index contributed by atoms with van der Waals surface area (Å²) in [6.45, 7) is 7.56. The molecule has 0 saturated heterocycles. The molecule has 198 valence electrons. The molecule has 0 saturated carbocycles. The van der Waals surface area contributed by atoms with Crippen molar-refractivity contribution in [2.45, 2.75) is 44.9 Å². The standard InChI is InChI=1S/C28H30N4O5S/c1-18(2)28-30-26(31-37-28)16-21-5-7-22(8-6-21)29-27(33)17-36-24-9-11-25(12-10-24)38(34,35)32-23-14-19(3)13-20(4)15-23/h5-15,18,32H,16-17H2,1-4H3,(H,29,33). The molecule has 1 heterocycles. The van der Waals surface area contributed by atoms with Gasteiger partial charge in [-0.3, -0.25) is 9.52 Å². The highest BCUT2D eigenvalue weighted by atomic mass is 32.2. The molecule has 0 radical (unpaired) electrons. The van der Waals surface area contributed by atoms with Gasteiger partial charge in [-0.15, -0.1) is 0 Å². The van der Waals surface area contributed by atoms with Crippen molar-refractivity contribution in [3.63, 3.8) is 0 Å². The first-order valence-electron chi connectivity index (χ1n) is 12.1. The van der Waals surface area contributed by atoms with Gasteiger partial charge in [0.1, 0.15) is 5.75 Å². The van der Waals surface area contributed by atoms with Crippen LogP contribution in [0.4, 0.5) is 11.4 Å². The zero-order valence-corrected chi connectivity index (χ0v) is 22.5. The lowest BCUT2D eigenvalue weighted by atomic mass is 10.1. The van der Waals surface area contributed by atoms with Gasteiger partial charge in [0.15, 0.2) is 12.4 Å². The first-order chi connectivity index (χ1) is 18.1. The number of carbonyl (C=O) groups is 1. The highest BCUT2D eigenvalue weighted by Crippen LogP contribution is 2.21. The molecule has 2 N–H and O–H groups in total. The van der Waals surface area contributed by atoms with E-state index in [2.05, 4.69) is 20.2 Å². The van der Waals surface area contributed by atoms with E-state index in [0.717, 1.165) is 16.7 Å². The fourth-order valence-corrected chi connectivity index (χ4v) is 4.81. The molecule has 9 nitrogen and oxygen atoms in total. The molecule has 0 fully saturated rings. The smallest absolute Gasteiger partial charge is 0.262 e. The molecule has 0 aliphatic carbocycles. The maximum absolute atomic E-state index is 12.7. The minimum atomic E-state index is -3.76. The van der Waals surface area contributed by atoms with E-state index < -0.39 is 10.0 Å². The van der Waals surface area contributed by atoms with E-state index in [4.69, 9.17) is 9.26 Å². The van der Waals surface area contributed by atoms with Crippen molar-refractivity contribution in [1.82, 2.24) is 10.1 Å². The number of hydrogen-bond donors (Lipinski definition) is 2. The van der Waals surface area contributed by atoms with E-state index >= 15 is 0 Å². The Bertz CT molecular complexity index is 1490. The molecular weight excluding hydrogens is 504 g/mol. The molecule has 10 heteroatoms. The number of carbonyl (C=O) groups excluding carboxylic acids is 1. The zero-order chi connectivity index (χ0) is 27.3. The van der Waals surface area contributed by atoms with Gasteiger partial charge in [0, 0.05) is 23.7 Å². The van der Waals surface area contributed by atoms with Crippen LogP contribution in [0.2, 0.25) is 0 Å². The van der Waals surface area contributed by atoms with Crippen LogP contribution in [0.15, 0.2) is 76.1 Å². The van der Waals surface area contributed by atoms with Gasteiger partial charge in [-0.2, -0.15) is 4.98 Å². The lowest BCUT2D eigenvalue weighted by Gasteiger charge is -2.11. The summed E-state index contributed by atoms with van der Waals surface area (Å²) in [7, 11) is -3.76. The average molecular weight is 535 g/mol. The van der Waals surface area contributed by atoms with Crippen molar-refractivity contribution in [2.24, 2.45) is 0 Å². The van der Waals surface area contributed by atoms with Gasteiger partial charge < -0.3 is 14.6 Å². The van der Waals surface area contributed by atoms with E-state index in [1.54, 1.807) is 24.3 Å². The first-order valence-corrected chi connectivity index (χ1v) is 13.6. The molecule has 0 atom stereocenters. The summed E-state index contributed by atoms with van der Waals surface area (Å²) in [6, 6.07) is 18.7. The molecule has 3 aromatic carbocycles.